The van der Waals surface area contributed by atoms with E-state index in [1.54, 1.807) is 12.4 Å². The fraction of sp³-hybridized carbons (Fsp3) is 0.368. The number of benzene rings is 1. The summed E-state index contributed by atoms with van der Waals surface area (Å²) < 4.78 is 0. The van der Waals surface area contributed by atoms with Gasteiger partial charge in [-0.2, -0.15) is 0 Å². The van der Waals surface area contributed by atoms with Gasteiger partial charge < -0.3 is 9.80 Å². The molecule has 0 aliphatic heterocycles. The molecule has 0 bridgehead atoms. The smallest absolute Gasteiger partial charge is 0.254 e. The monoisotopic (exact) mass is 347 g/mol. The van der Waals surface area contributed by atoms with Crippen LogP contribution in [-0.4, -0.2) is 46.9 Å². The summed E-state index contributed by atoms with van der Waals surface area (Å²) in [4.78, 5) is 21.1. The molecule has 24 heavy (non-hydrogen) atoms. The fourth-order valence-electron chi connectivity index (χ4n) is 2.53. The zero-order valence-electron chi connectivity index (χ0n) is 14.4. The van der Waals surface area contributed by atoms with Gasteiger partial charge in [-0.25, -0.2) is 0 Å². The number of carbonyl (C=O) groups excluding carboxylic acids is 1. The molecular weight excluding hydrogens is 322 g/mol. The summed E-state index contributed by atoms with van der Waals surface area (Å²) in [5.74, 6) is 0.0783. The van der Waals surface area contributed by atoms with Crippen LogP contribution in [-0.2, 0) is 6.54 Å². The molecular formula is C19H26ClN3O. The SMILES string of the molecule is CCN(CC)CCN(Cc1ccncc1)C(=O)c1ccccc1.Cl. The quantitative estimate of drug-likeness (QED) is 0.733. The number of carbonyl (C=O) groups is 1. The molecule has 2 aromatic rings. The van der Waals surface area contributed by atoms with Crippen molar-refractivity contribution in [3.8, 4) is 0 Å². The number of amides is 1. The van der Waals surface area contributed by atoms with Crippen LogP contribution < -0.4 is 0 Å². The Morgan fingerprint density at radius 3 is 2.17 bits per heavy atom. The maximum Gasteiger partial charge on any atom is 0.254 e. The Morgan fingerprint density at radius 1 is 0.958 bits per heavy atom. The summed E-state index contributed by atoms with van der Waals surface area (Å²) in [7, 11) is 0. The van der Waals surface area contributed by atoms with Crippen molar-refractivity contribution < 1.29 is 4.79 Å². The van der Waals surface area contributed by atoms with Crippen LogP contribution in [0.2, 0.25) is 0 Å². The molecule has 0 spiro atoms. The highest BCUT2D eigenvalue weighted by Crippen LogP contribution is 2.10. The van der Waals surface area contributed by atoms with Crippen LogP contribution in [0.15, 0.2) is 54.9 Å². The number of rotatable bonds is 8. The highest BCUT2D eigenvalue weighted by molar-refractivity contribution is 5.94. The Hall–Kier alpha value is -1.91. The largest absolute Gasteiger partial charge is 0.333 e. The van der Waals surface area contributed by atoms with Crippen LogP contribution in [0.4, 0.5) is 0 Å². The molecule has 0 fully saturated rings. The van der Waals surface area contributed by atoms with Gasteiger partial charge in [0.15, 0.2) is 0 Å². The van der Waals surface area contributed by atoms with Crippen molar-refractivity contribution in [2.24, 2.45) is 0 Å². The first-order chi connectivity index (χ1) is 11.2. The summed E-state index contributed by atoms with van der Waals surface area (Å²) in [6.45, 7) is 8.51. The fourth-order valence-corrected chi connectivity index (χ4v) is 2.53. The van der Waals surface area contributed by atoms with E-state index in [2.05, 4.69) is 23.7 Å². The molecule has 0 aliphatic rings. The molecule has 1 amide bonds. The second-order valence-corrected chi connectivity index (χ2v) is 5.48. The predicted molar refractivity (Wildman–Crippen MR) is 100 cm³/mol. The molecule has 0 saturated heterocycles. The molecule has 0 N–H and O–H groups in total. The van der Waals surface area contributed by atoms with Gasteiger partial charge in [0.25, 0.3) is 5.91 Å². The van der Waals surface area contributed by atoms with E-state index in [4.69, 9.17) is 0 Å². The van der Waals surface area contributed by atoms with Crippen LogP contribution in [0.1, 0.15) is 29.8 Å². The number of aromatic nitrogens is 1. The van der Waals surface area contributed by atoms with Crippen molar-refractivity contribution in [3.05, 3.63) is 66.0 Å². The van der Waals surface area contributed by atoms with Gasteiger partial charge >= 0.3 is 0 Å². The van der Waals surface area contributed by atoms with Crippen LogP contribution >= 0.6 is 12.4 Å². The number of hydrogen-bond acceptors (Lipinski definition) is 3. The summed E-state index contributed by atoms with van der Waals surface area (Å²) in [5.41, 5.74) is 1.84. The van der Waals surface area contributed by atoms with Gasteiger partial charge in [-0.3, -0.25) is 9.78 Å². The van der Waals surface area contributed by atoms with E-state index >= 15 is 0 Å². The Kier molecular flexibility index (Phi) is 9.05. The summed E-state index contributed by atoms with van der Waals surface area (Å²) in [6, 6.07) is 13.4. The highest BCUT2D eigenvalue weighted by Gasteiger charge is 2.16. The van der Waals surface area contributed by atoms with Gasteiger partial charge in [-0.1, -0.05) is 32.0 Å². The van der Waals surface area contributed by atoms with Crippen molar-refractivity contribution in [3.63, 3.8) is 0 Å². The lowest BCUT2D eigenvalue weighted by Gasteiger charge is -2.26. The maximum atomic E-state index is 12.8. The minimum Gasteiger partial charge on any atom is -0.333 e. The minimum absolute atomic E-state index is 0. The molecule has 1 heterocycles. The number of halogens is 1. The summed E-state index contributed by atoms with van der Waals surface area (Å²) >= 11 is 0. The molecule has 4 nitrogen and oxygen atoms in total. The lowest BCUT2D eigenvalue weighted by Crippen LogP contribution is -2.38. The van der Waals surface area contributed by atoms with Crippen molar-refractivity contribution in [2.75, 3.05) is 26.2 Å². The van der Waals surface area contributed by atoms with Gasteiger partial charge in [0.05, 0.1) is 0 Å². The highest BCUT2D eigenvalue weighted by atomic mass is 35.5. The molecule has 1 aromatic heterocycles. The van der Waals surface area contributed by atoms with Gasteiger partial charge in [0, 0.05) is 37.6 Å². The van der Waals surface area contributed by atoms with Crippen molar-refractivity contribution in [1.82, 2.24) is 14.8 Å². The standard InChI is InChI=1S/C19H25N3O.ClH/c1-3-21(4-2)14-15-22(16-17-10-12-20-13-11-17)19(23)18-8-6-5-7-9-18;/h5-13H,3-4,14-16H2,1-2H3;1H. The molecule has 1 aromatic carbocycles. The maximum absolute atomic E-state index is 12.8. The first-order valence-corrected chi connectivity index (χ1v) is 8.20. The second kappa shape index (κ2) is 10.8. The summed E-state index contributed by atoms with van der Waals surface area (Å²) in [6.07, 6.45) is 3.54. The van der Waals surface area contributed by atoms with Crippen molar-refractivity contribution >= 4 is 18.3 Å². The van der Waals surface area contributed by atoms with Gasteiger partial charge in [0.1, 0.15) is 0 Å². The van der Waals surface area contributed by atoms with Crippen LogP contribution in [0.3, 0.4) is 0 Å². The lowest BCUT2D eigenvalue weighted by molar-refractivity contribution is 0.0724. The van der Waals surface area contributed by atoms with E-state index in [0.717, 1.165) is 37.3 Å². The van der Waals surface area contributed by atoms with Crippen LogP contribution in [0.5, 0.6) is 0 Å². The Bertz CT molecular complexity index is 588. The first-order valence-electron chi connectivity index (χ1n) is 8.20. The van der Waals surface area contributed by atoms with E-state index in [-0.39, 0.29) is 18.3 Å². The van der Waals surface area contributed by atoms with Gasteiger partial charge in [-0.05, 0) is 42.9 Å². The molecule has 5 heteroatoms. The number of likely N-dealkylation sites (N-methyl/N-ethyl adjacent to an activating group) is 1. The van der Waals surface area contributed by atoms with Crippen molar-refractivity contribution in [2.45, 2.75) is 20.4 Å². The Morgan fingerprint density at radius 2 is 1.58 bits per heavy atom. The zero-order valence-corrected chi connectivity index (χ0v) is 15.2. The summed E-state index contributed by atoms with van der Waals surface area (Å²) in [5, 5.41) is 0. The molecule has 0 aliphatic carbocycles. The second-order valence-electron chi connectivity index (χ2n) is 5.48. The van der Waals surface area contributed by atoms with E-state index in [1.165, 1.54) is 0 Å². The Balaban J connectivity index is 0.00000288. The third-order valence-corrected chi connectivity index (χ3v) is 4.01. The van der Waals surface area contributed by atoms with E-state index in [1.807, 2.05) is 47.4 Å². The van der Waals surface area contributed by atoms with E-state index in [9.17, 15) is 4.79 Å². The van der Waals surface area contributed by atoms with Crippen molar-refractivity contribution in [1.29, 1.82) is 0 Å². The molecule has 130 valence electrons. The molecule has 0 unspecified atom stereocenters. The predicted octanol–water partition coefficient (Wildman–Crippen LogP) is 3.49. The van der Waals surface area contributed by atoms with E-state index in [0.29, 0.717) is 6.54 Å². The average molecular weight is 348 g/mol. The minimum atomic E-state index is 0. The first kappa shape index (κ1) is 20.1. The molecule has 0 radical (unpaired) electrons. The number of hydrogen-bond donors (Lipinski definition) is 0. The average Bonchev–Trinajstić information content (AvgIpc) is 2.62. The van der Waals surface area contributed by atoms with Gasteiger partial charge in [0.2, 0.25) is 0 Å². The zero-order chi connectivity index (χ0) is 16.5. The third-order valence-electron chi connectivity index (χ3n) is 4.01. The Labute approximate surface area is 150 Å². The van der Waals surface area contributed by atoms with E-state index < -0.39 is 0 Å². The topological polar surface area (TPSA) is 36.4 Å². The normalized spacial score (nSPS) is 10.3. The molecule has 2 rings (SSSR count). The van der Waals surface area contributed by atoms with Crippen LogP contribution in [0.25, 0.3) is 0 Å². The van der Waals surface area contributed by atoms with Gasteiger partial charge in [-0.15, -0.1) is 12.4 Å². The van der Waals surface area contributed by atoms with Crippen LogP contribution in [0, 0.1) is 0 Å². The lowest BCUT2D eigenvalue weighted by atomic mass is 10.1. The molecule has 0 saturated carbocycles. The number of nitrogens with zero attached hydrogens (tertiary/aromatic N) is 3. The third kappa shape index (κ3) is 5.95. The number of pyridine rings is 1. The molecule has 0 atom stereocenters.